The summed E-state index contributed by atoms with van der Waals surface area (Å²) in [5.41, 5.74) is -16.0. The van der Waals surface area contributed by atoms with E-state index in [1.54, 1.807) is 0 Å². The van der Waals surface area contributed by atoms with Gasteiger partial charge in [0.1, 0.15) is 0 Å². The minimum Gasteiger partial charge on any atom is -0.277 e. The van der Waals surface area contributed by atoms with Crippen molar-refractivity contribution in [3.63, 3.8) is 0 Å². The van der Waals surface area contributed by atoms with E-state index >= 15 is 0 Å². The van der Waals surface area contributed by atoms with Crippen molar-refractivity contribution in [1.82, 2.24) is 4.90 Å². The van der Waals surface area contributed by atoms with Crippen molar-refractivity contribution in [2.45, 2.75) is 43.5 Å². The average Bonchev–Trinajstić information content (AvgIpc) is 3.46. The molecule has 4 amide bonds. The number of amides is 4. The summed E-state index contributed by atoms with van der Waals surface area (Å²) < 4.78 is 173. The highest BCUT2D eigenvalue weighted by Gasteiger charge is 2.72. The predicted octanol–water partition coefficient (Wildman–Crippen LogP) is 9.15. The molecule has 0 spiro atoms. The molecule has 5 rings (SSSR count). The Morgan fingerprint density at radius 2 is 1.19 bits per heavy atom. The molecule has 3 aromatic carbocycles. The van der Waals surface area contributed by atoms with Crippen molar-refractivity contribution >= 4 is 29.3 Å². The fraction of sp³-hybridized carbons (Fsp3) is 0.222. The van der Waals surface area contributed by atoms with Gasteiger partial charge in [-0.25, -0.2) is 4.90 Å². The average molecular weight is 775 g/mol. The topological polar surface area (TPSA) is 74.8 Å². The summed E-state index contributed by atoms with van der Waals surface area (Å²) >= 11 is 0. The summed E-state index contributed by atoms with van der Waals surface area (Å²) in [5, 5.41) is 0. The van der Waals surface area contributed by atoms with Gasteiger partial charge in [-0.3, -0.25) is 24.1 Å². The highest BCUT2D eigenvalue weighted by atomic mass is 19.4. The molecule has 0 N–H and O–H groups in total. The summed E-state index contributed by atoms with van der Waals surface area (Å²) in [6.07, 6.45) is -21.9. The molecule has 0 unspecified atom stereocenters. The molecule has 0 radical (unpaired) electrons. The lowest BCUT2D eigenvalue weighted by molar-refractivity contribution is -0.288. The van der Waals surface area contributed by atoms with Crippen LogP contribution < -0.4 is 4.90 Å². The second kappa shape index (κ2) is 13.0. The minimum atomic E-state index is -6.23. The molecule has 0 saturated carbocycles. The monoisotopic (exact) mass is 774 g/mol. The van der Waals surface area contributed by atoms with Gasteiger partial charge in [-0.05, 0) is 70.7 Å². The number of rotatable bonds is 7. The van der Waals surface area contributed by atoms with E-state index in [1.807, 2.05) is 0 Å². The van der Waals surface area contributed by atoms with Crippen LogP contribution in [0.25, 0.3) is 11.1 Å². The minimum absolute atomic E-state index is 0.0900. The number of benzene rings is 3. The fourth-order valence-electron chi connectivity index (χ4n) is 6.22. The zero-order valence-corrected chi connectivity index (χ0v) is 27.4. The van der Waals surface area contributed by atoms with Gasteiger partial charge < -0.3 is 0 Å². The first-order chi connectivity index (χ1) is 24.8. The second-order valence-electron chi connectivity index (χ2n) is 12.1. The number of carbonyl (C=O) groups is 4. The van der Waals surface area contributed by atoms with Crippen LogP contribution in [0.3, 0.4) is 0 Å². The summed E-state index contributed by atoms with van der Waals surface area (Å²) in [5.74, 6) is -5.08. The molecule has 2 aliphatic rings. The van der Waals surface area contributed by atoms with E-state index in [4.69, 9.17) is 0 Å². The number of imide groups is 2. The third kappa shape index (κ3) is 6.36. The Bertz CT molecular complexity index is 2180. The smallest absolute Gasteiger partial charge is 0.277 e. The quantitative estimate of drug-likeness (QED) is 0.136. The number of alkyl halides is 12. The Labute approximate surface area is 296 Å². The van der Waals surface area contributed by atoms with Gasteiger partial charge in [-0.1, -0.05) is 43.8 Å². The molecule has 3 aromatic rings. The summed E-state index contributed by atoms with van der Waals surface area (Å²) in [7, 11) is 0.955. The molecule has 0 atom stereocenters. The molecular weight excluding hydrogens is 752 g/mol. The SMILES string of the molecule is C=C(/C=C\C1=CC(=O)N(c2ccc(-c3ccc(CC)cc3C(F)(F)F)c(C(F)(F)F)c2)C1=O)C(c1ccc2c(c1)C(=O)N(C)C2=O)(C(F)(F)F)C(F)(F)F. The Morgan fingerprint density at radius 1 is 0.667 bits per heavy atom. The number of allylic oxidation sites excluding steroid dienone is 2. The fourth-order valence-corrected chi connectivity index (χ4v) is 6.22. The number of fused-ring (bicyclic) bond motifs is 1. The van der Waals surface area contributed by atoms with Crippen LogP contribution in [0.5, 0.6) is 0 Å². The lowest BCUT2D eigenvalue weighted by atomic mass is 9.72. The van der Waals surface area contributed by atoms with Crippen LogP contribution in [-0.4, -0.2) is 47.9 Å². The highest BCUT2D eigenvalue weighted by Crippen LogP contribution is 2.57. The first-order valence-electron chi connectivity index (χ1n) is 15.3. The van der Waals surface area contributed by atoms with Gasteiger partial charge in [-0.2, -0.15) is 52.7 Å². The molecule has 54 heavy (non-hydrogen) atoms. The summed E-state index contributed by atoms with van der Waals surface area (Å²) in [6.45, 7) is 4.46. The van der Waals surface area contributed by atoms with Crippen LogP contribution in [0.2, 0.25) is 0 Å². The molecule has 0 aromatic heterocycles. The number of anilines is 1. The standard InChI is InChI=1S/C36H22F12N2O4/c1-4-18-6-10-22(26(13-18)33(37,38)39)23-12-9-21(16-27(23)34(40,41)42)50-28(51)14-19(29(50)52)7-5-17(2)32(35(43,44)45,36(46,47)48)20-8-11-24-25(15-20)31(54)49(3)30(24)53/h5-16H,2,4H2,1,3H3/b7-5-. The molecule has 284 valence electrons. The van der Waals surface area contributed by atoms with Gasteiger partial charge in [0, 0.05) is 18.7 Å². The van der Waals surface area contributed by atoms with Crippen molar-refractivity contribution in [3.8, 4) is 11.1 Å². The lowest BCUT2D eigenvalue weighted by Crippen LogP contribution is -2.55. The zero-order chi connectivity index (χ0) is 40.5. The number of halogens is 12. The van der Waals surface area contributed by atoms with Crippen LogP contribution in [0, 0.1) is 0 Å². The molecule has 0 saturated heterocycles. The maximum absolute atomic E-state index is 14.7. The van der Waals surface area contributed by atoms with Crippen LogP contribution in [0.15, 0.2) is 90.6 Å². The summed E-state index contributed by atoms with van der Waals surface area (Å²) in [4.78, 5) is 51.3. The van der Waals surface area contributed by atoms with E-state index in [2.05, 4.69) is 6.58 Å². The highest BCUT2D eigenvalue weighted by molar-refractivity contribution is 6.31. The molecule has 0 aliphatic carbocycles. The van der Waals surface area contributed by atoms with Gasteiger partial charge in [0.2, 0.25) is 5.41 Å². The van der Waals surface area contributed by atoms with Crippen LogP contribution in [0.1, 0.15) is 49.9 Å². The Hall–Kier alpha value is -5.68. The molecule has 2 heterocycles. The van der Waals surface area contributed by atoms with Crippen molar-refractivity contribution in [3.05, 3.63) is 124 Å². The molecule has 2 aliphatic heterocycles. The Morgan fingerprint density at radius 3 is 1.72 bits per heavy atom. The van der Waals surface area contributed by atoms with Gasteiger partial charge in [0.15, 0.2) is 0 Å². The van der Waals surface area contributed by atoms with Gasteiger partial charge in [-0.15, -0.1) is 0 Å². The number of nitrogens with zero attached hydrogens (tertiary/aromatic N) is 2. The Balaban J connectivity index is 1.54. The maximum atomic E-state index is 14.7. The van der Waals surface area contributed by atoms with Crippen LogP contribution >= 0.6 is 0 Å². The van der Waals surface area contributed by atoms with E-state index < -0.39 is 110 Å². The van der Waals surface area contributed by atoms with E-state index in [0.717, 1.165) is 13.1 Å². The molecule has 18 heteroatoms. The van der Waals surface area contributed by atoms with Crippen molar-refractivity contribution < 1.29 is 71.9 Å². The number of hydrogen-bond acceptors (Lipinski definition) is 4. The predicted molar refractivity (Wildman–Crippen MR) is 167 cm³/mol. The Kier molecular flexibility index (Phi) is 9.53. The number of aryl methyl sites for hydroxylation is 1. The third-order valence-electron chi connectivity index (χ3n) is 8.92. The van der Waals surface area contributed by atoms with Crippen molar-refractivity contribution in [2.24, 2.45) is 0 Å². The lowest BCUT2D eigenvalue weighted by Gasteiger charge is -2.38. The van der Waals surface area contributed by atoms with Crippen LogP contribution in [-0.2, 0) is 33.8 Å². The zero-order valence-electron chi connectivity index (χ0n) is 27.4. The van der Waals surface area contributed by atoms with E-state index in [9.17, 15) is 71.9 Å². The van der Waals surface area contributed by atoms with E-state index in [0.29, 0.717) is 47.4 Å². The largest absolute Gasteiger partial charge is 0.417 e. The number of hydrogen-bond donors (Lipinski definition) is 0. The van der Waals surface area contributed by atoms with E-state index in [1.165, 1.54) is 13.0 Å². The summed E-state index contributed by atoms with van der Waals surface area (Å²) in [6, 6.07) is 5.34. The molecule has 0 fully saturated rings. The van der Waals surface area contributed by atoms with Crippen LogP contribution in [0.4, 0.5) is 58.4 Å². The number of carbonyl (C=O) groups excluding carboxylic acids is 4. The molecule has 0 bridgehead atoms. The second-order valence-corrected chi connectivity index (χ2v) is 12.1. The normalized spacial score (nSPS) is 15.9. The molecular formula is C36H22F12N2O4. The van der Waals surface area contributed by atoms with Gasteiger partial charge in [0.25, 0.3) is 23.6 Å². The van der Waals surface area contributed by atoms with E-state index in [-0.39, 0.29) is 35.1 Å². The molecule has 6 nitrogen and oxygen atoms in total. The van der Waals surface area contributed by atoms with Gasteiger partial charge in [0.05, 0.1) is 27.9 Å². The maximum Gasteiger partial charge on any atom is 0.417 e. The van der Waals surface area contributed by atoms with Gasteiger partial charge >= 0.3 is 24.7 Å². The first kappa shape index (κ1) is 39.5. The third-order valence-corrected chi connectivity index (χ3v) is 8.92. The first-order valence-corrected chi connectivity index (χ1v) is 15.3. The van der Waals surface area contributed by atoms with Crippen molar-refractivity contribution in [1.29, 1.82) is 0 Å². The van der Waals surface area contributed by atoms with Crippen molar-refractivity contribution in [2.75, 3.05) is 11.9 Å².